The third-order valence-electron chi connectivity index (χ3n) is 4.87. The zero-order chi connectivity index (χ0) is 21.4. The van der Waals surface area contributed by atoms with Crippen molar-refractivity contribution in [3.63, 3.8) is 0 Å². The average Bonchev–Trinajstić information content (AvgIpc) is 3.05. The molecular formula is C22H20ClN5O2. The van der Waals surface area contributed by atoms with Gasteiger partial charge in [0.1, 0.15) is 5.75 Å². The molecule has 0 saturated heterocycles. The number of carbonyl (C=O) groups is 1. The summed E-state index contributed by atoms with van der Waals surface area (Å²) < 4.78 is 6.98. The molecule has 0 spiro atoms. The molecule has 4 aromatic rings. The van der Waals surface area contributed by atoms with Gasteiger partial charge in [-0.25, -0.2) is 4.52 Å². The molecule has 0 radical (unpaired) electrons. The topological polar surface area (TPSA) is 81.4 Å². The van der Waals surface area contributed by atoms with Crippen LogP contribution in [0.25, 0.3) is 16.8 Å². The number of amides is 1. The van der Waals surface area contributed by atoms with E-state index in [1.807, 2.05) is 50.2 Å². The highest BCUT2D eigenvalue weighted by molar-refractivity contribution is 6.30. The van der Waals surface area contributed by atoms with Crippen LogP contribution in [0.4, 0.5) is 5.69 Å². The van der Waals surface area contributed by atoms with E-state index in [1.54, 1.807) is 24.6 Å². The van der Waals surface area contributed by atoms with Gasteiger partial charge in [0.15, 0.2) is 11.3 Å². The highest BCUT2D eigenvalue weighted by Gasteiger charge is 2.21. The normalized spacial score (nSPS) is 11.0. The number of halogens is 1. The van der Waals surface area contributed by atoms with Crippen LogP contribution >= 0.6 is 11.6 Å². The van der Waals surface area contributed by atoms with E-state index >= 15 is 0 Å². The fraction of sp³-hybridized carbons (Fsp3) is 0.182. The lowest BCUT2D eigenvalue weighted by molar-refractivity contribution is 0.101. The van der Waals surface area contributed by atoms with E-state index in [0.717, 1.165) is 22.4 Å². The first-order valence-electron chi connectivity index (χ1n) is 9.33. The minimum Gasteiger partial charge on any atom is -0.495 e. The molecule has 7 nitrogen and oxygen atoms in total. The van der Waals surface area contributed by atoms with E-state index in [-0.39, 0.29) is 11.6 Å². The Labute approximate surface area is 178 Å². The second kappa shape index (κ2) is 7.76. The Morgan fingerprint density at radius 3 is 2.63 bits per heavy atom. The van der Waals surface area contributed by atoms with Crippen LogP contribution in [0.1, 0.15) is 27.4 Å². The van der Waals surface area contributed by atoms with Gasteiger partial charge in [0.25, 0.3) is 5.91 Å². The molecule has 0 aliphatic heterocycles. The summed E-state index contributed by atoms with van der Waals surface area (Å²) in [5.74, 6) is 0.182. The second-order valence-electron chi connectivity index (χ2n) is 7.00. The van der Waals surface area contributed by atoms with Gasteiger partial charge in [-0.05, 0) is 56.2 Å². The SMILES string of the molecule is COc1ccc(C)cc1NC(=O)c1nnc2c(-c3cccc(Cl)c3)c(C)nn2c1C. The Morgan fingerprint density at radius 1 is 1.10 bits per heavy atom. The van der Waals surface area contributed by atoms with Crippen LogP contribution in [0.15, 0.2) is 42.5 Å². The van der Waals surface area contributed by atoms with E-state index in [1.165, 1.54) is 0 Å². The highest BCUT2D eigenvalue weighted by Crippen LogP contribution is 2.30. The van der Waals surface area contributed by atoms with Gasteiger partial charge in [-0.3, -0.25) is 4.79 Å². The number of ether oxygens (including phenoxy) is 1. The Balaban J connectivity index is 1.76. The van der Waals surface area contributed by atoms with E-state index in [9.17, 15) is 4.79 Å². The van der Waals surface area contributed by atoms with Crippen LogP contribution < -0.4 is 10.1 Å². The number of aryl methyl sites for hydroxylation is 3. The maximum Gasteiger partial charge on any atom is 0.278 e. The van der Waals surface area contributed by atoms with Crippen LogP contribution in [0, 0.1) is 20.8 Å². The lowest BCUT2D eigenvalue weighted by atomic mass is 10.1. The Morgan fingerprint density at radius 2 is 1.90 bits per heavy atom. The number of carbonyl (C=O) groups excluding carboxylic acids is 1. The number of aromatic nitrogens is 4. The van der Waals surface area contributed by atoms with Crippen LogP contribution in [0.5, 0.6) is 5.75 Å². The number of nitrogens with one attached hydrogen (secondary N) is 1. The van der Waals surface area contributed by atoms with Gasteiger partial charge in [-0.2, -0.15) is 5.10 Å². The first-order chi connectivity index (χ1) is 14.4. The van der Waals surface area contributed by atoms with Gasteiger partial charge in [0.05, 0.1) is 29.7 Å². The summed E-state index contributed by atoms with van der Waals surface area (Å²) in [5, 5.41) is 16.6. The quantitative estimate of drug-likeness (QED) is 0.519. The number of benzene rings is 2. The lowest BCUT2D eigenvalue weighted by Gasteiger charge is -2.11. The van der Waals surface area contributed by atoms with Gasteiger partial charge >= 0.3 is 0 Å². The van der Waals surface area contributed by atoms with Gasteiger partial charge in [0.2, 0.25) is 0 Å². The lowest BCUT2D eigenvalue weighted by Crippen LogP contribution is -2.19. The molecule has 2 aromatic heterocycles. The monoisotopic (exact) mass is 421 g/mol. The van der Waals surface area contributed by atoms with Crippen LogP contribution in [0.2, 0.25) is 5.02 Å². The molecule has 0 fully saturated rings. The molecule has 0 aliphatic rings. The number of anilines is 1. The van der Waals surface area contributed by atoms with Crippen molar-refractivity contribution >= 4 is 28.8 Å². The van der Waals surface area contributed by atoms with E-state index in [0.29, 0.717) is 27.8 Å². The van der Waals surface area contributed by atoms with Crippen molar-refractivity contribution in [2.24, 2.45) is 0 Å². The second-order valence-corrected chi connectivity index (χ2v) is 7.43. The number of methoxy groups -OCH3 is 1. The number of nitrogens with zero attached hydrogens (tertiary/aromatic N) is 4. The Bertz CT molecular complexity index is 1280. The summed E-state index contributed by atoms with van der Waals surface area (Å²) in [4.78, 5) is 12.9. The third kappa shape index (κ3) is 3.48. The van der Waals surface area contributed by atoms with E-state index in [4.69, 9.17) is 16.3 Å². The van der Waals surface area contributed by atoms with E-state index < -0.39 is 0 Å². The molecule has 1 N–H and O–H groups in total. The fourth-order valence-corrected chi connectivity index (χ4v) is 3.59. The van der Waals surface area contributed by atoms with Crippen LogP contribution in [-0.4, -0.2) is 32.8 Å². The maximum atomic E-state index is 12.9. The summed E-state index contributed by atoms with van der Waals surface area (Å²) in [6.45, 7) is 5.62. The van der Waals surface area contributed by atoms with E-state index in [2.05, 4.69) is 20.6 Å². The van der Waals surface area contributed by atoms with Crippen molar-refractivity contribution in [1.82, 2.24) is 19.8 Å². The highest BCUT2D eigenvalue weighted by atomic mass is 35.5. The summed E-state index contributed by atoms with van der Waals surface area (Å²) in [6.07, 6.45) is 0. The van der Waals surface area contributed by atoms with Crippen LogP contribution in [0.3, 0.4) is 0 Å². The fourth-order valence-electron chi connectivity index (χ4n) is 3.40. The van der Waals surface area contributed by atoms with Crippen molar-refractivity contribution in [1.29, 1.82) is 0 Å². The van der Waals surface area contributed by atoms with Crippen molar-refractivity contribution < 1.29 is 9.53 Å². The number of rotatable bonds is 4. The molecule has 0 aliphatic carbocycles. The first-order valence-corrected chi connectivity index (χ1v) is 9.71. The zero-order valence-corrected chi connectivity index (χ0v) is 17.8. The van der Waals surface area contributed by atoms with Gasteiger partial charge in [-0.1, -0.05) is 29.8 Å². The van der Waals surface area contributed by atoms with Crippen molar-refractivity contribution in [3.8, 4) is 16.9 Å². The zero-order valence-electron chi connectivity index (χ0n) is 17.0. The molecule has 0 unspecified atom stereocenters. The Kier molecular flexibility index (Phi) is 5.13. The Hall–Kier alpha value is -3.45. The molecule has 30 heavy (non-hydrogen) atoms. The van der Waals surface area contributed by atoms with Gasteiger partial charge in [-0.15, -0.1) is 10.2 Å². The number of fused-ring (bicyclic) bond motifs is 1. The molecule has 0 saturated carbocycles. The standard InChI is InChI=1S/C22H20ClN5O2/c1-12-8-9-18(30-4)17(10-12)24-22(29)20-14(3)28-21(26-25-20)19(13(2)27-28)15-6-5-7-16(23)11-15/h5-11H,1-4H3,(H,24,29). The number of hydrogen-bond acceptors (Lipinski definition) is 5. The largest absolute Gasteiger partial charge is 0.495 e. The summed E-state index contributed by atoms with van der Waals surface area (Å²) in [7, 11) is 1.56. The smallest absolute Gasteiger partial charge is 0.278 e. The summed E-state index contributed by atoms with van der Waals surface area (Å²) >= 11 is 6.15. The molecular weight excluding hydrogens is 402 g/mol. The third-order valence-corrected chi connectivity index (χ3v) is 5.11. The summed E-state index contributed by atoms with van der Waals surface area (Å²) in [6, 6.07) is 13.0. The predicted octanol–water partition coefficient (Wildman–Crippen LogP) is 4.63. The molecule has 1 amide bonds. The molecule has 0 atom stereocenters. The van der Waals surface area contributed by atoms with Crippen molar-refractivity contribution in [3.05, 3.63) is 70.1 Å². The number of hydrogen-bond donors (Lipinski definition) is 1. The molecule has 8 heteroatoms. The molecule has 152 valence electrons. The molecule has 2 heterocycles. The summed E-state index contributed by atoms with van der Waals surface area (Å²) in [5.41, 5.74) is 5.40. The minimum absolute atomic E-state index is 0.186. The van der Waals surface area contributed by atoms with Crippen molar-refractivity contribution in [2.75, 3.05) is 12.4 Å². The molecule has 0 bridgehead atoms. The predicted molar refractivity (Wildman–Crippen MR) is 116 cm³/mol. The average molecular weight is 422 g/mol. The maximum absolute atomic E-state index is 12.9. The molecule has 2 aromatic carbocycles. The van der Waals surface area contributed by atoms with Crippen LogP contribution in [-0.2, 0) is 0 Å². The first kappa shape index (κ1) is 19.8. The minimum atomic E-state index is -0.386. The van der Waals surface area contributed by atoms with Gasteiger partial charge < -0.3 is 10.1 Å². The van der Waals surface area contributed by atoms with Crippen molar-refractivity contribution in [2.45, 2.75) is 20.8 Å². The van der Waals surface area contributed by atoms with Gasteiger partial charge in [0, 0.05) is 5.02 Å². The molecule has 4 rings (SSSR count).